The van der Waals surface area contributed by atoms with E-state index >= 15 is 14.4 Å². The number of imidazole rings is 1. The van der Waals surface area contributed by atoms with Crippen molar-refractivity contribution in [1.82, 2.24) is 89.0 Å². The third-order valence-electron chi connectivity index (χ3n) is 19.8. The summed E-state index contributed by atoms with van der Waals surface area (Å²) in [5.74, 6) is -16.4. The second-order valence-electron chi connectivity index (χ2n) is 28.5. The van der Waals surface area contributed by atoms with E-state index in [-0.39, 0.29) is 89.0 Å². The molecule has 5 heterocycles. The molecule has 39 heteroatoms. The number of amides is 14. The van der Waals surface area contributed by atoms with Gasteiger partial charge in [0.25, 0.3) is 0 Å². The van der Waals surface area contributed by atoms with E-state index in [9.17, 15) is 77.6 Å². The molecule has 3 saturated heterocycles. The first-order valence-corrected chi connectivity index (χ1v) is 40.4. The van der Waals surface area contributed by atoms with E-state index in [1.807, 2.05) is 0 Å². The third-order valence-corrected chi connectivity index (χ3v) is 22.2. The van der Waals surface area contributed by atoms with Crippen molar-refractivity contribution >= 4 is 127 Å². The highest BCUT2D eigenvalue weighted by molar-refractivity contribution is 8.76. The second-order valence-corrected chi connectivity index (χ2v) is 31.0. The molecule has 0 aliphatic carbocycles. The molecule has 0 spiro atoms. The van der Waals surface area contributed by atoms with E-state index < -0.39 is 204 Å². The van der Waals surface area contributed by atoms with Crippen molar-refractivity contribution in [2.45, 2.75) is 196 Å². The van der Waals surface area contributed by atoms with E-state index in [4.69, 9.17) is 5.73 Å². The van der Waals surface area contributed by atoms with Crippen LogP contribution in [0.3, 0.4) is 0 Å². The lowest BCUT2D eigenvalue weighted by Gasteiger charge is -2.30. The van der Waals surface area contributed by atoms with Crippen molar-refractivity contribution < 1.29 is 92.0 Å². The highest BCUT2D eigenvalue weighted by atomic mass is 33.1. The Hall–Kier alpha value is -11.6. The molecular weight excluding hydrogens is 1530 g/mol. The van der Waals surface area contributed by atoms with E-state index in [1.165, 1.54) is 50.6 Å². The summed E-state index contributed by atoms with van der Waals surface area (Å²) in [5.41, 5.74) is 8.45. The lowest BCUT2D eigenvalue weighted by molar-refractivity contribution is -0.143. The molecular formula is C76H100N18O19S2. The molecule has 3 fully saturated rings. The van der Waals surface area contributed by atoms with Gasteiger partial charge in [-0.2, -0.15) is 0 Å². The zero-order chi connectivity index (χ0) is 83.4. The number of likely N-dealkylation sites (tertiary alicyclic amines) is 1. The zero-order valence-electron chi connectivity index (χ0n) is 63.9. The number of aliphatic carboxylic acids is 2. The molecule has 2 aromatic heterocycles. The average molecular weight is 1630 g/mol. The smallest absolute Gasteiger partial charge is 0.326 e. The molecule has 8 rings (SSSR count). The van der Waals surface area contributed by atoms with Gasteiger partial charge in [-0.1, -0.05) is 103 Å². The molecule has 3 aromatic carbocycles. The predicted octanol–water partition coefficient (Wildman–Crippen LogP) is -1.85. The van der Waals surface area contributed by atoms with Gasteiger partial charge in [-0.15, -0.1) is 0 Å². The number of hydrogen-bond donors (Lipinski definition) is 19. The van der Waals surface area contributed by atoms with E-state index in [0.717, 1.165) is 26.5 Å². The highest BCUT2D eigenvalue weighted by Gasteiger charge is 2.41. The summed E-state index contributed by atoms with van der Waals surface area (Å²) in [6, 6.07) is 2.43. The summed E-state index contributed by atoms with van der Waals surface area (Å²) >= 11 is 0. The number of fused-ring (bicyclic) bond motifs is 1. The standard InChI is InChI=1S/C76H100N18O19S2/c1-5-40(2)63(76(112)113)93-73(109)58-38-115-114-37-57(91-68(104)52(25-27-62(98)99)86-74(110)59-19-13-29-94(59)75(111)42(4)83-64(100)41(3)82-61(97)36-80-65(101)56(33-46-35-78-39-81-46)90-67(103)51-24-26-60(96)84-51)72(108)88-53(30-43-14-7-6-8-15-43)69(105)89-55(32-45-34-79-49-17-10-9-16-48(45)49)71(107)85-50(18-11-12-28-77)66(102)87-54(70(106)92-58)31-44-20-22-47(95)23-21-44/h6-10,14-17,20-23,34-35,39-42,50-59,63,79,95H,5,11-13,18-19,24-33,36-38,77H2,1-4H3,(H,78,81)(H,80,101)(H,82,97)(H,83,100)(H,84,96)(H,85,107)(H,86,110)(H,87,102)(H,88,108)(H,89,105)(H,90,103)(H,91,104)(H,92,106)(H,93,109)(H,98,99)(H,112,113). The first kappa shape index (κ1) is 88.9. The number of carbonyl (C=O) groups excluding carboxylic acids is 14. The summed E-state index contributed by atoms with van der Waals surface area (Å²) in [7, 11) is 1.71. The summed E-state index contributed by atoms with van der Waals surface area (Å²) in [6.07, 6.45) is 3.83. The third kappa shape index (κ3) is 26.8. The molecule has 20 N–H and O–H groups in total. The first-order chi connectivity index (χ1) is 55.0. The molecule has 115 heavy (non-hydrogen) atoms. The predicted molar refractivity (Wildman–Crippen MR) is 420 cm³/mol. The van der Waals surface area contributed by atoms with Gasteiger partial charge in [0.1, 0.15) is 84.3 Å². The number of aromatic amines is 2. The zero-order valence-corrected chi connectivity index (χ0v) is 65.6. The number of nitrogens with two attached hydrogens (primary N) is 1. The van der Waals surface area contributed by atoms with Crippen LogP contribution in [0.1, 0.15) is 114 Å². The van der Waals surface area contributed by atoms with E-state index in [1.54, 1.807) is 74.6 Å². The molecule has 0 saturated carbocycles. The Morgan fingerprint density at radius 2 is 1.25 bits per heavy atom. The normalized spacial score (nSPS) is 21.4. The number of benzene rings is 3. The van der Waals surface area contributed by atoms with Crippen LogP contribution >= 0.6 is 21.6 Å². The van der Waals surface area contributed by atoms with Crippen LogP contribution in [0.2, 0.25) is 0 Å². The number of nitrogens with zero attached hydrogens (tertiary/aromatic N) is 2. The summed E-state index contributed by atoms with van der Waals surface area (Å²) in [5, 5.41) is 65.1. The van der Waals surface area contributed by atoms with Crippen LogP contribution in [0, 0.1) is 5.92 Å². The van der Waals surface area contributed by atoms with Crippen LogP contribution in [0.25, 0.3) is 10.9 Å². The van der Waals surface area contributed by atoms with Crippen molar-refractivity contribution in [2.75, 3.05) is 31.1 Å². The number of carboxylic acid groups (broad SMARTS) is 2. The summed E-state index contributed by atoms with van der Waals surface area (Å²) in [6.45, 7) is 5.40. The van der Waals surface area contributed by atoms with Crippen molar-refractivity contribution in [3.63, 3.8) is 0 Å². The number of phenols is 1. The summed E-state index contributed by atoms with van der Waals surface area (Å²) < 4.78 is 0. The number of carboxylic acids is 2. The van der Waals surface area contributed by atoms with Crippen LogP contribution in [-0.2, 0) is 102 Å². The number of H-pyrrole nitrogens is 2. The second kappa shape index (κ2) is 43.6. The van der Waals surface area contributed by atoms with Gasteiger partial charge in [-0.3, -0.25) is 71.9 Å². The Kier molecular flexibility index (Phi) is 33.7. The molecule has 3 aliphatic heterocycles. The molecule has 14 amide bonds. The SMILES string of the molecule is CCC(C)C(NC(=O)C1CSSCC(NC(=O)C(CCC(=O)O)NC(=O)C2CCCN2C(=O)C(C)NC(=O)C(C)NC(=O)CNC(=O)C(Cc2c[nH]cn2)NC(=O)C2CCC(=O)N2)C(=O)NC(Cc2ccccc2)C(=O)NC(Cc2c[nH]c3ccccc23)C(=O)NC(CCCCN)C(=O)NC(Cc2ccc(O)cc2)C(=O)N1)C(=O)O. The van der Waals surface area contributed by atoms with Crippen LogP contribution < -0.4 is 74.9 Å². The number of hydrogen-bond acceptors (Lipinski definition) is 21. The minimum Gasteiger partial charge on any atom is -0.508 e. The fourth-order valence-corrected chi connectivity index (χ4v) is 15.4. The highest BCUT2D eigenvalue weighted by Crippen LogP contribution is 2.26. The number of para-hydroxylation sites is 1. The van der Waals surface area contributed by atoms with Crippen LogP contribution in [0.15, 0.2) is 97.6 Å². The van der Waals surface area contributed by atoms with Gasteiger partial charge < -0.3 is 105 Å². The minimum absolute atomic E-state index is 0.0122. The largest absolute Gasteiger partial charge is 0.508 e. The van der Waals surface area contributed by atoms with Gasteiger partial charge in [-0.05, 0) is 106 Å². The molecule has 14 unspecified atom stereocenters. The number of rotatable bonds is 33. The molecule has 37 nitrogen and oxygen atoms in total. The van der Waals surface area contributed by atoms with E-state index in [2.05, 4.69) is 84.1 Å². The van der Waals surface area contributed by atoms with Gasteiger partial charge in [0.05, 0.1) is 18.6 Å². The maximum Gasteiger partial charge on any atom is 0.326 e. The monoisotopic (exact) mass is 1630 g/mol. The Labute approximate surface area is 669 Å². The number of nitrogens with one attached hydrogen (secondary N) is 15. The molecule has 0 radical (unpaired) electrons. The number of unbranched alkanes of at least 4 members (excludes halogenated alkanes) is 1. The molecule has 620 valence electrons. The number of carbonyl (C=O) groups is 16. The number of aromatic nitrogens is 3. The fourth-order valence-electron chi connectivity index (χ4n) is 13.1. The van der Waals surface area contributed by atoms with Crippen molar-refractivity contribution in [3.05, 3.63) is 120 Å². The van der Waals surface area contributed by atoms with Gasteiger partial charge >= 0.3 is 11.9 Å². The van der Waals surface area contributed by atoms with Crippen molar-refractivity contribution in [2.24, 2.45) is 11.7 Å². The topological polar surface area (TPSA) is 564 Å². The maximum atomic E-state index is 15.3. The maximum absolute atomic E-state index is 15.3. The average Bonchev–Trinajstić information content (AvgIpc) is 1.76. The van der Waals surface area contributed by atoms with Crippen LogP contribution in [0.5, 0.6) is 5.75 Å². The molecule has 0 bridgehead atoms. The fraction of sp³-hybridized carbons (Fsp3) is 0.487. The Morgan fingerprint density at radius 1 is 0.626 bits per heavy atom. The van der Waals surface area contributed by atoms with Crippen molar-refractivity contribution in [3.8, 4) is 5.75 Å². The Morgan fingerprint density at radius 3 is 1.90 bits per heavy atom. The quantitative estimate of drug-likeness (QED) is 0.0162. The van der Waals surface area contributed by atoms with Crippen molar-refractivity contribution in [1.29, 1.82) is 0 Å². The first-order valence-electron chi connectivity index (χ1n) is 37.9. The van der Waals surface area contributed by atoms with Gasteiger partial charge in [0, 0.05) is 79.9 Å². The minimum atomic E-state index is -1.77. The van der Waals surface area contributed by atoms with Crippen LogP contribution in [0.4, 0.5) is 0 Å². The van der Waals surface area contributed by atoms with Crippen LogP contribution in [-0.4, -0.2) is 239 Å². The molecule has 14 atom stereocenters. The molecule has 5 aromatic rings. The van der Waals surface area contributed by atoms with Gasteiger partial charge in [-0.25, -0.2) is 9.78 Å². The van der Waals surface area contributed by atoms with E-state index in [0.29, 0.717) is 46.1 Å². The number of phenolic OH excluding ortho intramolecular Hbond substituents is 1. The lowest BCUT2D eigenvalue weighted by Crippen LogP contribution is -2.61. The lowest BCUT2D eigenvalue weighted by atomic mass is 9.99. The number of aromatic hydroxyl groups is 1. The summed E-state index contributed by atoms with van der Waals surface area (Å²) in [4.78, 5) is 235. The van der Waals surface area contributed by atoms with Gasteiger partial charge in [0.2, 0.25) is 82.7 Å². The van der Waals surface area contributed by atoms with Gasteiger partial charge in [0.15, 0.2) is 0 Å². The Bertz CT molecular complexity index is 4290. The Balaban J connectivity index is 1.05. The molecule has 3 aliphatic rings.